The van der Waals surface area contributed by atoms with Crippen LogP contribution in [0.15, 0.2) is 6.20 Å². The average molecular weight is 181 g/mol. The molecule has 0 bridgehead atoms. The molecule has 0 saturated carbocycles. The van der Waals surface area contributed by atoms with Crippen molar-refractivity contribution in [3.8, 4) is 0 Å². The van der Waals surface area contributed by atoms with E-state index in [0.29, 0.717) is 6.54 Å². The van der Waals surface area contributed by atoms with E-state index in [2.05, 4.69) is 17.3 Å². The number of aliphatic hydroxyl groups excluding tert-OH is 1. The maximum atomic E-state index is 9.37. The highest BCUT2D eigenvalue weighted by Crippen LogP contribution is 2.25. The topological polar surface area (TPSA) is 50.1 Å². The summed E-state index contributed by atoms with van der Waals surface area (Å²) in [4.78, 5) is 0. The summed E-state index contributed by atoms with van der Waals surface area (Å²) in [6.45, 7) is 2.74. The highest BCUT2D eigenvalue weighted by molar-refractivity contribution is 5.21. The quantitative estimate of drug-likeness (QED) is 0.647. The van der Waals surface area contributed by atoms with Crippen LogP contribution in [-0.2, 0) is 7.05 Å². The summed E-state index contributed by atoms with van der Waals surface area (Å²) in [6.07, 6.45) is 2.47. The summed E-state index contributed by atoms with van der Waals surface area (Å²) in [5.74, 6) is 0. The zero-order valence-electron chi connectivity index (χ0n) is 7.99. The standard InChI is InChI=1S/C9H15N3O/c1-6-8(5-11-12(6)2)9-3-7(13)4-10-9/h5,7,9-10,13H,3-4H2,1-2H3. The van der Waals surface area contributed by atoms with Crippen molar-refractivity contribution in [2.45, 2.75) is 25.5 Å². The molecule has 13 heavy (non-hydrogen) atoms. The number of aliphatic hydroxyl groups is 1. The molecule has 0 aliphatic carbocycles. The minimum atomic E-state index is -0.204. The first kappa shape index (κ1) is 8.72. The first-order valence-corrected chi connectivity index (χ1v) is 4.58. The maximum absolute atomic E-state index is 9.37. The summed E-state index contributed by atoms with van der Waals surface area (Å²) in [5, 5.41) is 16.8. The van der Waals surface area contributed by atoms with Gasteiger partial charge in [0, 0.05) is 30.9 Å². The molecule has 0 spiro atoms. The third-order valence-electron chi connectivity index (χ3n) is 2.76. The molecule has 1 aromatic rings. The third-order valence-corrected chi connectivity index (χ3v) is 2.76. The molecule has 1 saturated heterocycles. The normalized spacial score (nSPS) is 28.2. The number of β-amino-alcohol motifs (C(OH)–C–C–N with tert-alkyl or cyclic N) is 1. The minimum Gasteiger partial charge on any atom is -0.392 e. The lowest BCUT2D eigenvalue weighted by Crippen LogP contribution is -2.15. The molecule has 4 heteroatoms. The van der Waals surface area contributed by atoms with Crippen LogP contribution in [0, 0.1) is 6.92 Å². The Morgan fingerprint density at radius 1 is 1.69 bits per heavy atom. The van der Waals surface area contributed by atoms with E-state index in [0.717, 1.165) is 6.42 Å². The summed E-state index contributed by atoms with van der Waals surface area (Å²) in [5.41, 5.74) is 2.38. The Bertz CT molecular complexity index is 308. The molecule has 0 amide bonds. The van der Waals surface area contributed by atoms with Crippen molar-refractivity contribution < 1.29 is 5.11 Å². The predicted molar refractivity (Wildman–Crippen MR) is 49.3 cm³/mol. The Labute approximate surface area is 77.6 Å². The van der Waals surface area contributed by atoms with Crippen LogP contribution in [0.2, 0.25) is 0 Å². The first-order chi connectivity index (χ1) is 6.18. The number of aryl methyl sites for hydroxylation is 1. The molecule has 2 N–H and O–H groups in total. The lowest BCUT2D eigenvalue weighted by molar-refractivity contribution is 0.193. The van der Waals surface area contributed by atoms with Crippen LogP contribution in [0.3, 0.4) is 0 Å². The summed E-state index contributed by atoms with van der Waals surface area (Å²) in [7, 11) is 1.93. The van der Waals surface area contributed by atoms with Crippen LogP contribution in [0.5, 0.6) is 0 Å². The third kappa shape index (κ3) is 1.47. The number of hydrogen-bond acceptors (Lipinski definition) is 3. The molecule has 1 aliphatic rings. The summed E-state index contributed by atoms with van der Waals surface area (Å²) < 4.78 is 1.86. The SMILES string of the molecule is Cc1c(C2CC(O)CN2)cnn1C. The van der Waals surface area contributed by atoms with Crippen LogP contribution >= 0.6 is 0 Å². The van der Waals surface area contributed by atoms with Crippen LogP contribution in [0.4, 0.5) is 0 Å². The van der Waals surface area contributed by atoms with E-state index in [1.807, 2.05) is 17.9 Å². The van der Waals surface area contributed by atoms with Crippen LogP contribution < -0.4 is 5.32 Å². The molecule has 2 unspecified atom stereocenters. The highest BCUT2D eigenvalue weighted by Gasteiger charge is 2.25. The van der Waals surface area contributed by atoms with E-state index >= 15 is 0 Å². The van der Waals surface area contributed by atoms with Gasteiger partial charge in [0.05, 0.1) is 12.3 Å². The number of nitrogens with one attached hydrogen (secondary N) is 1. The van der Waals surface area contributed by atoms with Gasteiger partial charge in [0.2, 0.25) is 0 Å². The van der Waals surface area contributed by atoms with Crippen LogP contribution in [-0.4, -0.2) is 27.5 Å². The fraction of sp³-hybridized carbons (Fsp3) is 0.667. The molecule has 1 aliphatic heterocycles. The van der Waals surface area contributed by atoms with Crippen molar-refractivity contribution in [2.24, 2.45) is 7.05 Å². The number of rotatable bonds is 1. The van der Waals surface area contributed by atoms with Crippen molar-refractivity contribution >= 4 is 0 Å². The fourth-order valence-electron chi connectivity index (χ4n) is 1.81. The molecule has 0 radical (unpaired) electrons. The van der Waals surface area contributed by atoms with E-state index in [-0.39, 0.29) is 12.1 Å². The Kier molecular flexibility index (Phi) is 2.09. The van der Waals surface area contributed by atoms with E-state index in [1.54, 1.807) is 0 Å². The van der Waals surface area contributed by atoms with E-state index in [9.17, 15) is 5.11 Å². The second kappa shape index (κ2) is 3.12. The lowest BCUT2D eigenvalue weighted by Gasteiger charge is -2.08. The van der Waals surface area contributed by atoms with Gasteiger partial charge in [-0.3, -0.25) is 4.68 Å². The van der Waals surface area contributed by atoms with Gasteiger partial charge in [-0.05, 0) is 13.3 Å². The van der Waals surface area contributed by atoms with Gasteiger partial charge >= 0.3 is 0 Å². The van der Waals surface area contributed by atoms with Gasteiger partial charge in [-0.15, -0.1) is 0 Å². The fourth-order valence-corrected chi connectivity index (χ4v) is 1.81. The molecule has 2 atom stereocenters. The molecule has 0 aromatic carbocycles. The van der Waals surface area contributed by atoms with Crippen molar-refractivity contribution in [1.82, 2.24) is 15.1 Å². The molecule has 1 aromatic heterocycles. The second-order valence-corrected chi connectivity index (χ2v) is 3.66. The van der Waals surface area contributed by atoms with Crippen molar-refractivity contribution in [2.75, 3.05) is 6.54 Å². The smallest absolute Gasteiger partial charge is 0.0683 e. The molecular formula is C9H15N3O. The van der Waals surface area contributed by atoms with E-state index in [1.165, 1.54) is 11.3 Å². The van der Waals surface area contributed by atoms with Gasteiger partial charge < -0.3 is 10.4 Å². The summed E-state index contributed by atoms with van der Waals surface area (Å²) >= 11 is 0. The van der Waals surface area contributed by atoms with Gasteiger partial charge in [-0.2, -0.15) is 5.10 Å². The van der Waals surface area contributed by atoms with Gasteiger partial charge in [0.1, 0.15) is 0 Å². The number of nitrogens with zero attached hydrogens (tertiary/aromatic N) is 2. The average Bonchev–Trinajstić information content (AvgIpc) is 2.62. The van der Waals surface area contributed by atoms with Gasteiger partial charge in [0.25, 0.3) is 0 Å². The Balaban J connectivity index is 2.21. The molecule has 4 nitrogen and oxygen atoms in total. The lowest BCUT2D eigenvalue weighted by atomic mass is 10.1. The molecule has 72 valence electrons. The Morgan fingerprint density at radius 3 is 2.92 bits per heavy atom. The van der Waals surface area contributed by atoms with E-state index in [4.69, 9.17) is 0 Å². The van der Waals surface area contributed by atoms with Crippen molar-refractivity contribution in [3.05, 3.63) is 17.5 Å². The molecule has 1 fully saturated rings. The zero-order valence-corrected chi connectivity index (χ0v) is 7.99. The van der Waals surface area contributed by atoms with Crippen LogP contribution in [0.25, 0.3) is 0 Å². The monoisotopic (exact) mass is 181 g/mol. The Morgan fingerprint density at radius 2 is 2.46 bits per heavy atom. The van der Waals surface area contributed by atoms with Crippen molar-refractivity contribution in [3.63, 3.8) is 0 Å². The highest BCUT2D eigenvalue weighted by atomic mass is 16.3. The van der Waals surface area contributed by atoms with Crippen LogP contribution in [0.1, 0.15) is 23.7 Å². The van der Waals surface area contributed by atoms with Gasteiger partial charge in [-0.25, -0.2) is 0 Å². The maximum Gasteiger partial charge on any atom is 0.0683 e. The first-order valence-electron chi connectivity index (χ1n) is 4.58. The Hall–Kier alpha value is -0.870. The van der Waals surface area contributed by atoms with Gasteiger partial charge in [0.15, 0.2) is 0 Å². The summed E-state index contributed by atoms with van der Waals surface area (Å²) in [6, 6.07) is 0.281. The van der Waals surface area contributed by atoms with Gasteiger partial charge in [-0.1, -0.05) is 0 Å². The molecular weight excluding hydrogens is 166 g/mol. The van der Waals surface area contributed by atoms with Crippen molar-refractivity contribution in [1.29, 1.82) is 0 Å². The van der Waals surface area contributed by atoms with E-state index < -0.39 is 0 Å². The minimum absolute atomic E-state index is 0.204. The number of hydrogen-bond donors (Lipinski definition) is 2. The zero-order chi connectivity index (χ0) is 9.42. The predicted octanol–water partition coefficient (Wildman–Crippen LogP) is 0.124. The molecule has 2 heterocycles. The number of aromatic nitrogens is 2. The molecule has 2 rings (SSSR count). The largest absolute Gasteiger partial charge is 0.392 e. The second-order valence-electron chi connectivity index (χ2n) is 3.66.